The van der Waals surface area contributed by atoms with Gasteiger partial charge in [0.05, 0.1) is 11.4 Å². The lowest BCUT2D eigenvalue weighted by Crippen LogP contribution is -2.40. The van der Waals surface area contributed by atoms with Crippen LogP contribution in [0.5, 0.6) is 0 Å². The van der Waals surface area contributed by atoms with Crippen LogP contribution < -0.4 is 5.32 Å². The Hall–Kier alpha value is -0.830. The molecule has 4 nitrogen and oxygen atoms in total. The van der Waals surface area contributed by atoms with E-state index in [1.54, 1.807) is 0 Å². The van der Waals surface area contributed by atoms with Crippen molar-refractivity contribution in [3.05, 3.63) is 23.2 Å². The molecule has 5 heteroatoms. The Kier molecular flexibility index (Phi) is 4.16. The average molecular weight is 338 g/mol. The summed E-state index contributed by atoms with van der Waals surface area (Å²) in [7, 11) is 2.20. The predicted octanol–water partition coefficient (Wildman–Crippen LogP) is 2.79. The number of rotatable bonds is 2. The zero-order valence-electron chi connectivity index (χ0n) is 11.7. The highest BCUT2D eigenvalue weighted by atomic mass is 79.9. The molecular formula is C15H20BrN3O. The molecule has 1 N–H and O–H groups in total. The maximum Gasteiger partial charge on any atom is 0.204 e. The minimum atomic E-state index is 0.247. The third-order valence-corrected chi connectivity index (χ3v) is 5.68. The van der Waals surface area contributed by atoms with Crippen molar-refractivity contribution in [2.45, 2.75) is 36.7 Å². The zero-order chi connectivity index (χ0) is 14.1. The second-order valence-corrected chi connectivity index (χ2v) is 6.96. The first-order valence-electron chi connectivity index (χ1n) is 7.26. The average Bonchev–Trinajstić information content (AvgIpc) is 2.88. The number of nitrogens with zero attached hydrogens (tertiary/aromatic N) is 2. The number of likely N-dealkylation sites (tertiary alicyclic amines) is 1. The van der Waals surface area contributed by atoms with Crippen LogP contribution in [0.15, 0.2) is 10.5 Å². The molecule has 0 bridgehead atoms. The van der Waals surface area contributed by atoms with Gasteiger partial charge in [0.2, 0.25) is 5.76 Å². The standard InChI is InChI=1S/C15H20BrN3O/c1-19-4-2-10(3-5-19)6-13-15(16)12-7-11(8-17)20-14(12)9-18-13/h7,10,13,15,18H,2-6,9H2,1H3. The van der Waals surface area contributed by atoms with Crippen LogP contribution in [0.25, 0.3) is 0 Å². The van der Waals surface area contributed by atoms with E-state index in [1.807, 2.05) is 6.07 Å². The summed E-state index contributed by atoms with van der Waals surface area (Å²) in [5, 5.41) is 12.5. The van der Waals surface area contributed by atoms with E-state index in [2.05, 4.69) is 39.3 Å². The van der Waals surface area contributed by atoms with Gasteiger partial charge in [-0.25, -0.2) is 0 Å². The number of hydrogen-bond acceptors (Lipinski definition) is 4. The second kappa shape index (κ2) is 5.88. The highest BCUT2D eigenvalue weighted by molar-refractivity contribution is 9.09. The van der Waals surface area contributed by atoms with E-state index in [1.165, 1.54) is 32.4 Å². The van der Waals surface area contributed by atoms with Gasteiger partial charge in [0, 0.05) is 11.6 Å². The molecule has 108 valence electrons. The fraction of sp³-hybridized carbons (Fsp3) is 0.667. The van der Waals surface area contributed by atoms with Crippen molar-refractivity contribution in [2.75, 3.05) is 20.1 Å². The van der Waals surface area contributed by atoms with Crippen molar-refractivity contribution in [2.24, 2.45) is 5.92 Å². The topological polar surface area (TPSA) is 52.2 Å². The molecule has 0 aromatic carbocycles. The van der Waals surface area contributed by atoms with Crippen LogP contribution in [0.2, 0.25) is 0 Å². The Morgan fingerprint density at radius 3 is 2.95 bits per heavy atom. The lowest BCUT2D eigenvalue weighted by atomic mass is 9.87. The van der Waals surface area contributed by atoms with Crippen LogP contribution in [-0.2, 0) is 6.54 Å². The van der Waals surface area contributed by atoms with Crippen LogP contribution in [0.1, 0.15) is 41.2 Å². The number of nitriles is 1. The molecule has 0 amide bonds. The van der Waals surface area contributed by atoms with E-state index in [9.17, 15) is 0 Å². The van der Waals surface area contributed by atoms with Crippen molar-refractivity contribution in [1.82, 2.24) is 10.2 Å². The van der Waals surface area contributed by atoms with Gasteiger partial charge < -0.3 is 14.6 Å². The molecule has 1 fully saturated rings. The van der Waals surface area contributed by atoms with Gasteiger partial charge in [0.1, 0.15) is 11.8 Å². The Morgan fingerprint density at radius 2 is 2.25 bits per heavy atom. The number of piperidine rings is 1. The summed E-state index contributed by atoms with van der Waals surface area (Å²) in [5.41, 5.74) is 1.15. The molecule has 1 aromatic heterocycles. The number of fused-ring (bicyclic) bond motifs is 1. The van der Waals surface area contributed by atoms with Gasteiger partial charge in [-0.1, -0.05) is 15.9 Å². The van der Waals surface area contributed by atoms with Crippen LogP contribution >= 0.6 is 15.9 Å². The molecule has 3 heterocycles. The largest absolute Gasteiger partial charge is 0.449 e. The van der Waals surface area contributed by atoms with E-state index in [-0.39, 0.29) is 4.83 Å². The number of hydrogen-bond donors (Lipinski definition) is 1. The van der Waals surface area contributed by atoms with Crippen molar-refractivity contribution in [1.29, 1.82) is 5.26 Å². The van der Waals surface area contributed by atoms with Crippen LogP contribution in [0.3, 0.4) is 0 Å². The van der Waals surface area contributed by atoms with Gasteiger partial charge in [-0.15, -0.1) is 0 Å². The molecule has 0 saturated carbocycles. The Balaban J connectivity index is 1.66. The van der Waals surface area contributed by atoms with Gasteiger partial charge in [0.15, 0.2) is 0 Å². The van der Waals surface area contributed by atoms with Crippen molar-refractivity contribution < 1.29 is 4.42 Å². The molecule has 0 spiro atoms. The Bertz CT molecular complexity index is 514. The quantitative estimate of drug-likeness (QED) is 0.843. The van der Waals surface area contributed by atoms with Gasteiger partial charge in [0.25, 0.3) is 0 Å². The van der Waals surface area contributed by atoms with Gasteiger partial charge >= 0.3 is 0 Å². The van der Waals surface area contributed by atoms with E-state index >= 15 is 0 Å². The summed E-state index contributed by atoms with van der Waals surface area (Å²) in [6.45, 7) is 3.15. The maximum atomic E-state index is 8.94. The molecule has 2 aliphatic rings. The first kappa shape index (κ1) is 14.1. The summed E-state index contributed by atoms with van der Waals surface area (Å²) in [4.78, 5) is 2.65. The number of nitrogens with one attached hydrogen (secondary N) is 1. The van der Waals surface area contributed by atoms with E-state index in [0.717, 1.165) is 23.8 Å². The van der Waals surface area contributed by atoms with E-state index in [0.29, 0.717) is 11.8 Å². The Labute approximate surface area is 128 Å². The van der Waals surface area contributed by atoms with E-state index in [4.69, 9.17) is 9.68 Å². The fourth-order valence-corrected chi connectivity index (χ4v) is 4.06. The van der Waals surface area contributed by atoms with Crippen LogP contribution in [0, 0.1) is 17.2 Å². The lowest BCUT2D eigenvalue weighted by Gasteiger charge is -2.35. The monoisotopic (exact) mass is 337 g/mol. The lowest BCUT2D eigenvalue weighted by molar-refractivity contribution is 0.197. The van der Waals surface area contributed by atoms with Crippen LogP contribution in [0.4, 0.5) is 0 Å². The third-order valence-electron chi connectivity index (χ3n) is 4.55. The molecule has 2 aliphatic heterocycles. The molecular weight excluding hydrogens is 318 g/mol. The molecule has 0 radical (unpaired) electrons. The summed E-state index contributed by atoms with van der Waals surface area (Å²) in [5.74, 6) is 2.12. The maximum absolute atomic E-state index is 8.94. The highest BCUT2D eigenvalue weighted by Crippen LogP contribution is 2.38. The Morgan fingerprint density at radius 1 is 1.50 bits per heavy atom. The minimum absolute atomic E-state index is 0.247. The zero-order valence-corrected chi connectivity index (χ0v) is 13.3. The molecule has 1 aromatic rings. The number of halogens is 1. The minimum Gasteiger partial charge on any atom is -0.449 e. The second-order valence-electron chi connectivity index (χ2n) is 5.97. The fourth-order valence-electron chi connectivity index (χ4n) is 3.27. The first-order valence-corrected chi connectivity index (χ1v) is 8.17. The molecule has 1 saturated heterocycles. The number of alkyl halides is 1. The smallest absolute Gasteiger partial charge is 0.204 e. The normalized spacial score (nSPS) is 28.1. The van der Waals surface area contributed by atoms with Crippen molar-refractivity contribution >= 4 is 15.9 Å². The molecule has 0 aliphatic carbocycles. The van der Waals surface area contributed by atoms with E-state index < -0.39 is 0 Å². The molecule has 2 unspecified atom stereocenters. The first-order chi connectivity index (χ1) is 9.67. The van der Waals surface area contributed by atoms with Gasteiger partial charge in [-0.2, -0.15) is 5.26 Å². The third kappa shape index (κ3) is 2.78. The van der Waals surface area contributed by atoms with Crippen LogP contribution in [-0.4, -0.2) is 31.1 Å². The predicted molar refractivity (Wildman–Crippen MR) is 80.6 cm³/mol. The summed E-state index contributed by atoms with van der Waals surface area (Å²) >= 11 is 3.79. The van der Waals surface area contributed by atoms with Gasteiger partial charge in [-0.05, 0) is 51.4 Å². The molecule has 3 rings (SSSR count). The summed E-state index contributed by atoms with van der Waals surface area (Å²) < 4.78 is 5.52. The molecule has 20 heavy (non-hydrogen) atoms. The number of furan rings is 1. The SMILES string of the molecule is CN1CCC(CC2NCc3oc(C#N)cc3C2Br)CC1. The summed E-state index contributed by atoms with van der Waals surface area (Å²) in [6.07, 6.45) is 3.77. The highest BCUT2D eigenvalue weighted by Gasteiger charge is 2.32. The van der Waals surface area contributed by atoms with Crippen molar-refractivity contribution in [3.63, 3.8) is 0 Å². The van der Waals surface area contributed by atoms with Crippen molar-refractivity contribution in [3.8, 4) is 6.07 Å². The molecule has 2 atom stereocenters. The van der Waals surface area contributed by atoms with Gasteiger partial charge in [-0.3, -0.25) is 0 Å². The summed E-state index contributed by atoms with van der Waals surface area (Å²) in [6, 6.07) is 4.40.